The normalized spacial score (nSPS) is 24.6. The summed E-state index contributed by atoms with van der Waals surface area (Å²) in [4.78, 5) is 11.9. The Morgan fingerprint density at radius 3 is 2.94 bits per heavy atom. The minimum absolute atomic E-state index is 0.0847. The molecule has 0 aliphatic heterocycles. The van der Waals surface area contributed by atoms with Crippen molar-refractivity contribution in [2.75, 3.05) is 6.61 Å². The van der Waals surface area contributed by atoms with E-state index < -0.39 is 0 Å². The summed E-state index contributed by atoms with van der Waals surface area (Å²) in [5.41, 5.74) is 0. The molecule has 104 valence electrons. The lowest BCUT2D eigenvalue weighted by atomic mass is 10.0. The Labute approximate surface area is 110 Å². The highest BCUT2D eigenvalue weighted by Gasteiger charge is 2.28. The van der Waals surface area contributed by atoms with E-state index in [2.05, 4.69) is 24.1 Å². The summed E-state index contributed by atoms with van der Waals surface area (Å²) >= 11 is 0. The van der Waals surface area contributed by atoms with Crippen LogP contribution in [0.25, 0.3) is 0 Å². The maximum absolute atomic E-state index is 11.9. The summed E-state index contributed by atoms with van der Waals surface area (Å²) in [6, 6.07) is 0.303. The van der Waals surface area contributed by atoms with Gasteiger partial charge in [-0.05, 0) is 38.0 Å². The third-order valence-corrected chi connectivity index (χ3v) is 3.75. The van der Waals surface area contributed by atoms with Crippen LogP contribution in [0.5, 0.6) is 0 Å². The SMILES string of the molecule is C=CC[C@H](CC)NC(=O)N[C@@H]1CCC[C@@H]1CCO. The molecule has 0 aromatic rings. The summed E-state index contributed by atoms with van der Waals surface area (Å²) in [7, 11) is 0. The monoisotopic (exact) mass is 254 g/mol. The van der Waals surface area contributed by atoms with Crippen LogP contribution in [0.4, 0.5) is 4.79 Å². The molecule has 18 heavy (non-hydrogen) atoms. The van der Waals surface area contributed by atoms with E-state index in [-0.39, 0.29) is 24.7 Å². The van der Waals surface area contributed by atoms with Gasteiger partial charge in [-0.2, -0.15) is 0 Å². The second-order valence-electron chi connectivity index (χ2n) is 5.06. The highest BCUT2D eigenvalue weighted by molar-refractivity contribution is 5.74. The van der Waals surface area contributed by atoms with E-state index in [1.165, 1.54) is 0 Å². The Morgan fingerprint density at radius 1 is 1.56 bits per heavy atom. The molecule has 0 heterocycles. The molecule has 0 spiro atoms. The zero-order valence-corrected chi connectivity index (χ0v) is 11.3. The molecule has 3 N–H and O–H groups in total. The van der Waals surface area contributed by atoms with Gasteiger partial charge in [-0.1, -0.05) is 19.4 Å². The fraction of sp³-hybridized carbons (Fsp3) is 0.786. The molecule has 1 saturated carbocycles. The van der Waals surface area contributed by atoms with Crippen molar-refractivity contribution in [1.29, 1.82) is 0 Å². The Bertz CT molecular complexity index is 269. The number of carbonyl (C=O) groups is 1. The number of carbonyl (C=O) groups excluding carboxylic acids is 1. The number of amides is 2. The number of urea groups is 1. The molecule has 0 radical (unpaired) electrons. The molecular weight excluding hydrogens is 228 g/mol. The van der Waals surface area contributed by atoms with Gasteiger partial charge in [0.05, 0.1) is 0 Å². The zero-order valence-electron chi connectivity index (χ0n) is 11.3. The van der Waals surface area contributed by atoms with Crippen LogP contribution in [0, 0.1) is 5.92 Å². The largest absolute Gasteiger partial charge is 0.396 e. The van der Waals surface area contributed by atoms with Gasteiger partial charge < -0.3 is 15.7 Å². The molecule has 4 heteroatoms. The Kier molecular flexibility index (Phi) is 6.80. The van der Waals surface area contributed by atoms with Gasteiger partial charge in [0.2, 0.25) is 0 Å². The van der Waals surface area contributed by atoms with E-state index in [1.54, 1.807) is 0 Å². The summed E-state index contributed by atoms with van der Waals surface area (Å²) < 4.78 is 0. The maximum Gasteiger partial charge on any atom is 0.315 e. The molecule has 1 aliphatic carbocycles. The summed E-state index contributed by atoms with van der Waals surface area (Å²) in [5.74, 6) is 0.431. The van der Waals surface area contributed by atoms with E-state index in [0.717, 1.165) is 38.5 Å². The fourth-order valence-corrected chi connectivity index (χ4v) is 2.66. The molecular formula is C14H26N2O2. The van der Waals surface area contributed by atoms with Crippen molar-refractivity contribution in [3.05, 3.63) is 12.7 Å². The average Bonchev–Trinajstić information content (AvgIpc) is 2.76. The van der Waals surface area contributed by atoms with E-state index >= 15 is 0 Å². The van der Waals surface area contributed by atoms with Gasteiger partial charge in [0.25, 0.3) is 0 Å². The molecule has 0 aromatic heterocycles. The van der Waals surface area contributed by atoms with Crippen molar-refractivity contribution in [2.24, 2.45) is 5.92 Å². The number of aliphatic hydroxyl groups excluding tert-OH is 1. The minimum Gasteiger partial charge on any atom is -0.396 e. The van der Waals surface area contributed by atoms with Gasteiger partial charge in [-0.25, -0.2) is 4.79 Å². The van der Waals surface area contributed by atoms with Crippen LogP contribution in [0.15, 0.2) is 12.7 Å². The molecule has 0 bridgehead atoms. The van der Waals surface area contributed by atoms with E-state index in [1.807, 2.05) is 6.08 Å². The van der Waals surface area contributed by atoms with E-state index in [9.17, 15) is 4.79 Å². The van der Waals surface area contributed by atoms with Gasteiger partial charge >= 0.3 is 6.03 Å². The van der Waals surface area contributed by atoms with Crippen molar-refractivity contribution in [3.8, 4) is 0 Å². The lowest BCUT2D eigenvalue weighted by molar-refractivity contribution is 0.218. The van der Waals surface area contributed by atoms with Crippen molar-refractivity contribution in [2.45, 2.75) is 57.5 Å². The molecule has 0 aromatic carbocycles. The first-order valence-corrected chi connectivity index (χ1v) is 7.00. The van der Waals surface area contributed by atoms with Crippen molar-refractivity contribution in [1.82, 2.24) is 10.6 Å². The summed E-state index contributed by atoms with van der Waals surface area (Å²) in [6.07, 6.45) is 7.59. The van der Waals surface area contributed by atoms with Crippen LogP contribution in [-0.4, -0.2) is 29.8 Å². The standard InChI is InChI=1S/C14H26N2O2/c1-3-6-12(4-2)15-14(18)16-13-8-5-7-11(13)9-10-17/h3,11-13,17H,1,4-10H2,2H3,(H2,15,16,18)/t11-,12+,13-/m1/s1. The molecule has 3 atom stereocenters. The van der Waals surface area contributed by atoms with Crippen LogP contribution in [0.3, 0.4) is 0 Å². The highest BCUT2D eigenvalue weighted by atomic mass is 16.3. The molecule has 4 nitrogen and oxygen atoms in total. The predicted octanol–water partition coefficient (Wildman–Crippen LogP) is 2.19. The second kappa shape index (κ2) is 8.14. The molecule has 0 unspecified atom stereocenters. The Balaban J connectivity index is 2.36. The molecule has 0 saturated heterocycles. The number of hydrogen-bond donors (Lipinski definition) is 3. The highest BCUT2D eigenvalue weighted by Crippen LogP contribution is 2.27. The van der Waals surface area contributed by atoms with Crippen LogP contribution in [-0.2, 0) is 0 Å². The third-order valence-electron chi connectivity index (χ3n) is 3.75. The van der Waals surface area contributed by atoms with Crippen molar-refractivity contribution < 1.29 is 9.90 Å². The quantitative estimate of drug-likeness (QED) is 0.610. The Morgan fingerprint density at radius 2 is 2.33 bits per heavy atom. The van der Waals surface area contributed by atoms with Crippen molar-refractivity contribution >= 4 is 6.03 Å². The maximum atomic E-state index is 11.9. The second-order valence-corrected chi connectivity index (χ2v) is 5.06. The van der Waals surface area contributed by atoms with E-state index in [4.69, 9.17) is 5.11 Å². The zero-order chi connectivity index (χ0) is 13.4. The number of aliphatic hydroxyl groups is 1. The number of hydrogen-bond acceptors (Lipinski definition) is 2. The first-order valence-electron chi connectivity index (χ1n) is 7.00. The van der Waals surface area contributed by atoms with Crippen LogP contribution in [0.2, 0.25) is 0 Å². The topological polar surface area (TPSA) is 61.4 Å². The lowest BCUT2D eigenvalue weighted by Gasteiger charge is -2.22. The number of nitrogens with one attached hydrogen (secondary N) is 2. The summed E-state index contributed by atoms with van der Waals surface area (Å²) in [6.45, 7) is 5.96. The van der Waals surface area contributed by atoms with Gasteiger partial charge in [0.1, 0.15) is 0 Å². The minimum atomic E-state index is -0.0847. The van der Waals surface area contributed by atoms with Gasteiger partial charge in [0.15, 0.2) is 0 Å². The summed E-state index contributed by atoms with van der Waals surface area (Å²) in [5, 5.41) is 15.0. The van der Waals surface area contributed by atoms with Crippen LogP contribution < -0.4 is 10.6 Å². The molecule has 2 amide bonds. The predicted molar refractivity (Wildman–Crippen MR) is 73.4 cm³/mol. The van der Waals surface area contributed by atoms with Gasteiger partial charge in [-0.15, -0.1) is 6.58 Å². The lowest BCUT2D eigenvalue weighted by Crippen LogP contribution is -2.47. The first-order chi connectivity index (χ1) is 8.71. The average molecular weight is 254 g/mol. The third kappa shape index (κ3) is 4.69. The number of rotatable bonds is 7. The Hall–Kier alpha value is -1.03. The molecule has 1 rings (SSSR count). The molecule has 1 fully saturated rings. The van der Waals surface area contributed by atoms with Gasteiger partial charge in [0, 0.05) is 18.7 Å². The van der Waals surface area contributed by atoms with Crippen LogP contribution >= 0.6 is 0 Å². The van der Waals surface area contributed by atoms with Crippen LogP contribution in [0.1, 0.15) is 45.4 Å². The molecule has 1 aliphatic rings. The van der Waals surface area contributed by atoms with Gasteiger partial charge in [-0.3, -0.25) is 0 Å². The smallest absolute Gasteiger partial charge is 0.315 e. The van der Waals surface area contributed by atoms with Crippen molar-refractivity contribution in [3.63, 3.8) is 0 Å². The first kappa shape index (κ1) is 15.0. The van der Waals surface area contributed by atoms with E-state index in [0.29, 0.717) is 5.92 Å². The fourth-order valence-electron chi connectivity index (χ4n) is 2.66.